The molecular weight excluding hydrogens is 370 g/mol. The minimum absolute atomic E-state index is 0.327. The molecule has 0 unspecified atom stereocenters. The molecule has 1 fully saturated rings. The van der Waals surface area contributed by atoms with Crippen LogP contribution in [0.2, 0.25) is 0 Å². The van der Waals surface area contributed by atoms with Gasteiger partial charge in [-0.1, -0.05) is 25.5 Å². The summed E-state index contributed by atoms with van der Waals surface area (Å²) in [6, 6.07) is 15.2. The fourth-order valence-corrected chi connectivity index (χ4v) is 5.16. The second kappa shape index (κ2) is 7.60. The first kappa shape index (κ1) is 19.0. The predicted molar refractivity (Wildman–Crippen MR) is 115 cm³/mol. The molecule has 3 aromatic rings. The van der Waals surface area contributed by atoms with Crippen molar-refractivity contribution in [2.75, 3.05) is 38.1 Å². The van der Waals surface area contributed by atoms with E-state index in [1.807, 2.05) is 30.3 Å². The summed E-state index contributed by atoms with van der Waals surface area (Å²) in [4.78, 5) is 5.01. The Morgan fingerprint density at radius 2 is 1.64 bits per heavy atom. The van der Waals surface area contributed by atoms with Crippen LogP contribution in [0.4, 0.5) is 5.69 Å². The number of nitrogens with zero attached hydrogens (tertiary/aromatic N) is 3. The fraction of sp³-hybridized carbons (Fsp3) is 0.364. The quantitative estimate of drug-likeness (QED) is 0.660. The van der Waals surface area contributed by atoms with E-state index < -0.39 is 10.0 Å². The van der Waals surface area contributed by atoms with Gasteiger partial charge in [-0.25, -0.2) is 12.4 Å². The van der Waals surface area contributed by atoms with Crippen LogP contribution in [0, 0.1) is 0 Å². The van der Waals surface area contributed by atoms with E-state index >= 15 is 0 Å². The Morgan fingerprint density at radius 1 is 0.929 bits per heavy atom. The Balaban J connectivity index is 1.65. The third-order valence-electron chi connectivity index (χ3n) is 5.53. The number of piperazine rings is 1. The fourth-order valence-electron chi connectivity index (χ4n) is 3.81. The van der Waals surface area contributed by atoms with E-state index in [1.165, 1.54) is 3.97 Å². The van der Waals surface area contributed by atoms with E-state index in [-0.39, 0.29) is 0 Å². The molecule has 2 heterocycles. The number of aryl methyl sites for hydroxylation is 1. The molecule has 6 heteroatoms. The van der Waals surface area contributed by atoms with Crippen LogP contribution in [0.5, 0.6) is 0 Å². The largest absolute Gasteiger partial charge is 0.369 e. The molecule has 1 saturated heterocycles. The molecule has 0 amide bonds. The molecule has 0 radical (unpaired) electrons. The van der Waals surface area contributed by atoms with Gasteiger partial charge in [0.2, 0.25) is 0 Å². The van der Waals surface area contributed by atoms with Crippen LogP contribution in [0.1, 0.15) is 18.9 Å². The van der Waals surface area contributed by atoms with Gasteiger partial charge in [0.05, 0.1) is 10.4 Å². The maximum absolute atomic E-state index is 13.1. The normalized spacial score (nSPS) is 16.0. The molecule has 5 nitrogen and oxygen atoms in total. The van der Waals surface area contributed by atoms with Crippen molar-refractivity contribution in [3.8, 4) is 0 Å². The van der Waals surface area contributed by atoms with Crippen molar-refractivity contribution in [2.45, 2.75) is 24.7 Å². The van der Waals surface area contributed by atoms with Crippen LogP contribution in [0.3, 0.4) is 0 Å². The Labute approximate surface area is 167 Å². The van der Waals surface area contributed by atoms with Gasteiger partial charge in [-0.2, -0.15) is 0 Å². The molecule has 2 aromatic carbocycles. The summed E-state index contributed by atoms with van der Waals surface area (Å²) in [5, 5.41) is 0.947. The summed E-state index contributed by atoms with van der Waals surface area (Å²) in [7, 11) is -1.46. The van der Waals surface area contributed by atoms with Gasteiger partial charge >= 0.3 is 0 Å². The summed E-state index contributed by atoms with van der Waals surface area (Å²) in [6.07, 6.45) is 3.67. The van der Waals surface area contributed by atoms with E-state index in [0.29, 0.717) is 4.90 Å². The van der Waals surface area contributed by atoms with Crippen molar-refractivity contribution >= 4 is 26.6 Å². The monoisotopic (exact) mass is 397 g/mol. The average Bonchev–Trinajstić information content (AvgIpc) is 3.13. The molecule has 4 rings (SSSR count). The Morgan fingerprint density at radius 3 is 2.32 bits per heavy atom. The van der Waals surface area contributed by atoms with Crippen LogP contribution in [-0.2, 0) is 16.4 Å². The second-order valence-electron chi connectivity index (χ2n) is 7.54. The highest BCUT2D eigenvalue weighted by Gasteiger charge is 2.20. The number of aromatic nitrogens is 1. The van der Waals surface area contributed by atoms with Gasteiger partial charge in [-0.05, 0) is 55.4 Å². The van der Waals surface area contributed by atoms with Gasteiger partial charge in [-0.15, -0.1) is 0 Å². The van der Waals surface area contributed by atoms with Gasteiger partial charge in [0.1, 0.15) is 0 Å². The summed E-state index contributed by atoms with van der Waals surface area (Å²) in [6.45, 7) is 6.19. The van der Waals surface area contributed by atoms with Crippen LogP contribution >= 0.6 is 0 Å². The molecule has 0 bridgehead atoms. The number of hydrogen-bond donors (Lipinski definition) is 0. The number of anilines is 1. The molecule has 28 heavy (non-hydrogen) atoms. The maximum atomic E-state index is 13.1. The molecule has 0 spiro atoms. The van der Waals surface area contributed by atoms with E-state index in [0.717, 1.165) is 61.2 Å². The highest BCUT2D eigenvalue weighted by molar-refractivity contribution is 7.90. The highest BCUT2D eigenvalue weighted by atomic mass is 32.2. The van der Waals surface area contributed by atoms with Gasteiger partial charge in [-0.3, -0.25) is 0 Å². The van der Waals surface area contributed by atoms with Gasteiger partial charge in [0.15, 0.2) is 0 Å². The standard InChI is InChI=1S/C22H27N3O2S/c1-3-4-18-5-8-21(9-6-18)28(26,27)25-12-11-19-17-20(7-10-22(19)25)24-15-13-23(2)14-16-24/h5-12,17H,3-4,13-16H2,1-2H3. The molecule has 0 aliphatic carbocycles. The molecular formula is C22H27N3O2S. The third-order valence-corrected chi connectivity index (χ3v) is 7.23. The van der Waals surface area contributed by atoms with Crippen molar-refractivity contribution in [1.29, 1.82) is 0 Å². The van der Waals surface area contributed by atoms with Crippen molar-refractivity contribution in [2.24, 2.45) is 0 Å². The van der Waals surface area contributed by atoms with E-state index in [2.05, 4.69) is 29.8 Å². The topological polar surface area (TPSA) is 45.6 Å². The van der Waals surface area contributed by atoms with E-state index in [1.54, 1.807) is 18.3 Å². The first-order valence-corrected chi connectivity index (χ1v) is 11.3. The molecule has 1 aliphatic heterocycles. The molecule has 0 saturated carbocycles. The second-order valence-corrected chi connectivity index (χ2v) is 9.36. The molecule has 0 N–H and O–H groups in total. The Hall–Kier alpha value is -2.31. The Kier molecular flexibility index (Phi) is 5.17. The summed E-state index contributed by atoms with van der Waals surface area (Å²) in [5.74, 6) is 0. The van der Waals surface area contributed by atoms with Crippen LogP contribution in [0.15, 0.2) is 59.6 Å². The van der Waals surface area contributed by atoms with Crippen molar-refractivity contribution in [3.05, 3.63) is 60.3 Å². The Bertz CT molecular complexity index is 1060. The average molecular weight is 398 g/mol. The first-order valence-electron chi connectivity index (χ1n) is 9.88. The zero-order valence-corrected chi connectivity index (χ0v) is 17.3. The maximum Gasteiger partial charge on any atom is 0.268 e. The third kappa shape index (κ3) is 3.54. The van der Waals surface area contributed by atoms with Crippen LogP contribution in [-0.4, -0.2) is 50.5 Å². The smallest absolute Gasteiger partial charge is 0.268 e. The van der Waals surface area contributed by atoms with E-state index in [9.17, 15) is 8.42 Å². The van der Waals surface area contributed by atoms with E-state index in [4.69, 9.17) is 0 Å². The zero-order valence-electron chi connectivity index (χ0n) is 16.5. The minimum Gasteiger partial charge on any atom is -0.369 e. The van der Waals surface area contributed by atoms with Gasteiger partial charge in [0.25, 0.3) is 10.0 Å². The lowest BCUT2D eigenvalue weighted by atomic mass is 10.1. The molecule has 0 atom stereocenters. The lowest BCUT2D eigenvalue weighted by Crippen LogP contribution is -2.44. The van der Waals surface area contributed by atoms with Crippen molar-refractivity contribution in [3.63, 3.8) is 0 Å². The van der Waals surface area contributed by atoms with Crippen molar-refractivity contribution < 1.29 is 8.42 Å². The molecule has 1 aliphatic rings. The number of hydrogen-bond acceptors (Lipinski definition) is 4. The number of rotatable bonds is 5. The highest BCUT2D eigenvalue weighted by Crippen LogP contribution is 2.27. The van der Waals surface area contributed by atoms with Gasteiger partial charge in [0, 0.05) is 43.4 Å². The zero-order chi connectivity index (χ0) is 19.7. The number of benzene rings is 2. The first-order chi connectivity index (χ1) is 13.5. The lowest BCUT2D eigenvalue weighted by Gasteiger charge is -2.34. The molecule has 148 valence electrons. The minimum atomic E-state index is -3.60. The van der Waals surface area contributed by atoms with Crippen LogP contribution < -0.4 is 4.90 Å². The van der Waals surface area contributed by atoms with Crippen molar-refractivity contribution in [1.82, 2.24) is 8.87 Å². The summed E-state index contributed by atoms with van der Waals surface area (Å²) >= 11 is 0. The predicted octanol–water partition coefficient (Wildman–Crippen LogP) is 3.58. The number of likely N-dealkylation sites (N-methyl/N-ethyl adjacent to an activating group) is 1. The van der Waals surface area contributed by atoms with Gasteiger partial charge < -0.3 is 9.80 Å². The van der Waals surface area contributed by atoms with Crippen LogP contribution in [0.25, 0.3) is 10.9 Å². The lowest BCUT2D eigenvalue weighted by molar-refractivity contribution is 0.313. The summed E-state index contributed by atoms with van der Waals surface area (Å²) < 4.78 is 27.7. The SMILES string of the molecule is CCCc1ccc(S(=O)(=O)n2ccc3cc(N4CCN(C)CC4)ccc32)cc1. The summed E-state index contributed by atoms with van der Waals surface area (Å²) in [5.41, 5.74) is 3.03. The molecule has 1 aromatic heterocycles. The number of fused-ring (bicyclic) bond motifs is 1.